The van der Waals surface area contributed by atoms with Crippen LogP contribution in [0.3, 0.4) is 0 Å². The molecule has 26 heavy (non-hydrogen) atoms. The van der Waals surface area contributed by atoms with Gasteiger partial charge in [0.2, 0.25) is 0 Å². The Morgan fingerprint density at radius 2 is 1.92 bits per heavy atom. The Balaban J connectivity index is 1.86. The number of carbonyl (C=O) groups is 1. The zero-order valence-electron chi connectivity index (χ0n) is 13.7. The summed E-state index contributed by atoms with van der Waals surface area (Å²) in [6.07, 6.45) is 8.18. The lowest BCUT2D eigenvalue weighted by Crippen LogP contribution is -2.31. The molecule has 1 unspecified atom stereocenters. The topological polar surface area (TPSA) is 61.4 Å². The monoisotopic (exact) mass is 408 g/mol. The third kappa shape index (κ3) is 3.98. The van der Waals surface area contributed by atoms with Crippen molar-refractivity contribution in [3.05, 3.63) is 86.3 Å². The van der Waals surface area contributed by atoms with E-state index in [1.54, 1.807) is 30.4 Å². The highest BCUT2D eigenvalue weighted by Crippen LogP contribution is 2.39. The molecule has 0 aromatic heterocycles. The average molecular weight is 410 g/mol. The van der Waals surface area contributed by atoms with Gasteiger partial charge in [0.1, 0.15) is 5.76 Å². The van der Waals surface area contributed by atoms with Crippen LogP contribution in [0.1, 0.15) is 5.56 Å². The first-order chi connectivity index (χ1) is 12.3. The van der Waals surface area contributed by atoms with Crippen molar-refractivity contribution in [2.45, 2.75) is 6.92 Å². The number of aryl methyl sites for hydroxylation is 1. The molecule has 0 spiro atoms. The van der Waals surface area contributed by atoms with E-state index in [1.165, 1.54) is 12.2 Å². The highest BCUT2D eigenvalue weighted by atomic mass is 35.5. The van der Waals surface area contributed by atoms with Crippen LogP contribution in [0.25, 0.3) is 0 Å². The molecule has 0 radical (unpaired) electrons. The van der Waals surface area contributed by atoms with Crippen LogP contribution in [0.15, 0.2) is 75.7 Å². The van der Waals surface area contributed by atoms with Gasteiger partial charge in [0.15, 0.2) is 0 Å². The van der Waals surface area contributed by atoms with Gasteiger partial charge in [-0.2, -0.15) is 0 Å². The maximum Gasteiger partial charge on any atom is 0.323 e. The Morgan fingerprint density at radius 1 is 1.15 bits per heavy atom. The van der Waals surface area contributed by atoms with Crippen molar-refractivity contribution in [3.63, 3.8) is 0 Å². The van der Waals surface area contributed by atoms with Gasteiger partial charge in [0, 0.05) is 21.7 Å². The van der Waals surface area contributed by atoms with E-state index in [-0.39, 0.29) is 16.7 Å². The van der Waals surface area contributed by atoms with Crippen LogP contribution in [0.5, 0.6) is 0 Å². The fourth-order valence-corrected chi connectivity index (χ4v) is 3.43. The highest BCUT2D eigenvalue weighted by Gasteiger charge is 2.27. The molecular weight excluding hydrogens is 395 g/mol. The molecule has 134 valence electrons. The van der Waals surface area contributed by atoms with Gasteiger partial charge in [-0.05, 0) is 54.5 Å². The predicted octanol–water partition coefficient (Wildman–Crippen LogP) is 5.91. The molecular formula is C19H15Cl3N2O2. The minimum absolute atomic E-state index is 0.0441. The van der Waals surface area contributed by atoms with E-state index in [4.69, 9.17) is 34.8 Å². The molecule has 3 N–H and O–H groups in total. The van der Waals surface area contributed by atoms with E-state index in [1.807, 2.05) is 13.0 Å². The number of halogens is 3. The van der Waals surface area contributed by atoms with E-state index >= 15 is 0 Å². The molecule has 3 rings (SSSR count). The smallest absolute Gasteiger partial charge is 0.323 e. The summed E-state index contributed by atoms with van der Waals surface area (Å²) in [4.78, 5) is 12.4. The number of benzene rings is 1. The standard InChI is InChI=1S/C19H15Cl3N2O2/c1-10-7-11(5-6-15(10)20)23-19(26)24-18-14-8-12(25)3-2-4-13(14)16(21)9-17(18)22/h2-9,13,25H,1H3,(H2,23,24,26). The minimum Gasteiger partial charge on any atom is -0.508 e. The Morgan fingerprint density at radius 3 is 2.65 bits per heavy atom. The van der Waals surface area contributed by atoms with Gasteiger partial charge < -0.3 is 15.7 Å². The number of rotatable bonds is 2. The van der Waals surface area contributed by atoms with E-state index in [2.05, 4.69) is 10.6 Å². The largest absolute Gasteiger partial charge is 0.508 e. The van der Waals surface area contributed by atoms with Crippen LogP contribution < -0.4 is 10.6 Å². The number of hydrogen-bond acceptors (Lipinski definition) is 2. The van der Waals surface area contributed by atoms with Crippen LogP contribution in [-0.4, -0.2) is 11.1 Å². The van der Waals surface area contributed by atoms with Crippen molar-refractivity contribution in [2.75, 3.05) is 5.32 Å². The summed E-state index contributed by atoms with van der Waals surface area (Å²) < 4.78 is 0. The Kier molecular flexibility index (Phi) is 5.47. The van der Waals surface area contributed by atoms with Gasteiger partial charge >= 0.3 is 6.03 Å². The first-order valence-corrected chi connectivity index (χ1v) is 8.89. The molecule has 0 aliphatic heterocycles. The molecule has 4 nitrogen and oxygen atoms in total. The normalized spacial score (nSPS) is 19.1. The van der Waals surface area contributed by atoms with Crippen molar-refractivity contribution in [1.29, 1.82) is 0 Å². The number of amides is 2. The molecule has 0 fully saturated rings. The zero-order chi connectivity index (χ0) is 18.8. The lowest BCUT2D eigenvalue weighted by atomic mass is 9.91. The van der Waals surface area contributed by atoms with Crippen LogP contribution in [0.2, 0.25) is 5.02 Å². The first-order valence-electron chi connectivity index (χ1n) is 7.75. The molecule has 2 aliphatic carbocycles. The summed E-state index contributed by atoms with van der Waals surface area (Å²) >= 11 is 18.6. The molecule has 0 bridgehead atoms. The first kappa shape index (κ1) is 18.6. The van der Waals surface area contributed by atoms with Crippen molar-refractivity contribution >= 4 is 46.5 Å². The number of nitrogens with one attached hydrogen (secondary N) is 2. The van der Waals surface area contributed by atoms with Gasteiger partial charge in [-0.3, -0.25) is 0 Å². The van der Waals surface area contributed by atoms with Gasteiger partial charge in [0.05, 0.1) is 10.7 Å². The second kappa shape index (κ2) is 7.62. The maximum atomic E-state index is 12.4. The number of hydrogen-bond donors (Lipinski definition) is 3. The summed E-state index contributed by atoms with van der Waals surface area (Å²) in [5.74, 6) is -0.254. The molecule has 2 amide bonds. The van der Waals surface area contributed by atoms with E-state index in [9.17, 15) is 9.90 Å². The van der Waals surface area contributed by atoms with E-state index in [0.29, 0.717) is 27.0 Å². The summed E-state index contributed by atoms with van der Waals surface area (Å²) in [6.45, 7) is 1.85. The Hall–Kier alpha value is -2.14. The lowest BCUT2D eigenvalue weighted by Gasteiger charge is -2.25. The molecule has 7 heteroatoms. The number of aliphatic hydroxyl groups excluding tert-OH is 1. The summed E-state index contributed by atoms with van der Waals surface area (Å²) in [7, 11) is 0. The number of fused-ring (bicyclic) bond motifs is 1. The number of anilines is 1. The number of carbonyl (C=O) groups excluding carboxylic acids is 1. The summed E-state index contributed by atoms with van der Waals surface area (Å²) in [6, 6.07) is 4.70. The molecule has 2 aliphatic rings. The molecule has 0 saturated carbocycles. The second-order valence-electron chi connectivity index (χ2n) is 5.85. The van der Waals surface area contributed by atoms with Crippen molar-refractivity contribution in [2.24, 2.45) is 5.92 Å². The SMILES string of the molecule is Cc1cc(NC(=O)NC2=C(Cl)C=C(Cl)C3C=CC=C(O)C=C23)ccc1Cl. The number of urea groups is 1. The van der Waals surface area contributed by atoms with Crippen molar-refractivity contribution in [1.82, 2.24) is 5.32 Å². The third-order valence-corrected chi connectivity index (χ3v) is 5.02. The van der Waals surface area contributed by atoms with Crippen molar-refractivity contribution in [3.8, 4) is 0 Å². The number of aliphatic hydroxyl groups is 1. The average Bonchev–Trinajstić information content (AvgIpc) is 2.76. The quantitative estimate of drug-likeness (QED) is 0.568. The fraction of sp³-hybridized carbons (Fsp3) is 0.105. The molecule has 1 atom stereocenters. The van der Waals surface area contributed by atoms with Crippen LogP contribution in [0, 0.1) is 12.8 Å². The van der Waals surface area contributed by atoms with Gasteiger partial charge in [-0.25, -0.2) is 4.79 Å². The van der Waals surface area contributed by atoms with Crippen LogP contribution in [-0.2, 0) is 0 Å². The summed E-state index contributed by atoms with van der Waals surface area (Å²) in [5.41, 5.74) is 2.43. The molecule has 1 aromatic carbocycles. The zero-order valence-corrected chi connectivity index (χ0v) is 16.0. The van der Waals surface area contributed by atoms with Crippen LogP contribution >= 0.6 is 34.8 Å². The lowest BCUT2D eigenvalue weighted by molar-refractivity contribution is 0.254. The highest BCUT2D eigenvalue weighted by molar-refractivity contribution is 6.36. The second-order valence-corrected chi connectivity index (χ2v) is 7.10. The number of allylic oxidation sites excluding steroid dienone is 8. The fourth-order valence-electron chi connectivity index (χ4n) is 2.69. The maximum absolute atomic E-state index is 12.4. The van der Waals surface area contributed by atoms with Crippen molar-refractivity contribution < 1.29 is 9.90 Å². The van der Waals surface area contributed by atoms with Gasteiger partial charge in [0.25, 0.3) is 0 Å². The Bertz CT molecular complexity index is 927. The predicted molar refractivity (Wildman–Crippen MR) is 107 cm³/mol. The molecule has 0 saturated heterocycles. The van der Waals surface area contributed by atoms with E-state index in [0.717, 1.165) is 5.56 Å². The Labute approximate surface area is 166 Å². The van der Waals surface area contributed by atoms with Gasteiger partial charge in [-0.1, -0.05) is 47.0 Å². The molecule has 1 aromatic rings. The van der Waals surface area contributed by atoms with E-state index < -0.39 is 6.03 Å². The van der Waals surface area contributed by atoms with Gasteiger partial charge in [-0.15, -0.1) is 0 Å². The third-order valence-electron chi connectivity index (χ3n) is 3.95. The molecule has 0 heterocycles. The minimum atomic E-state index is -0.470. The summed E-state index contributed by atoms with van der Waals surface area (Å²) in [5, 5.41) is 16.8. The van der Waals surface area contributed by atoms with Crippen LogP contribution in [0.4, 0.5) is 10.5 Å².